The van der Waals surface area contributed by atoms with Crippen LogP contribution in [0.2, 0.25) is 5.28 Å². The Balaban J connectivity index is 0.000000122. The SMILES string of the molecule is CC1(C)c2ccccc2-c2ccc(-n3c4ccc(-c5nc(-c6ccc(-c7ccccn7)cc6)c6ccccc6n5)cc4c4ccc5c(ccn5-c5ccc(-c6ccccc6)cc5)c43)cc21.CC1(C)c2ccccc2-c2ccc(-n3c4ccc(B5OC(C)(C)C(C)(C)O5)cc4c4ccc5c(ccn5-c5ccc(-c6ccccc6)cc5)c43)cc21.Clc1nc(-c2ccc(-c3ccccn3)cc2)c2ccccc2n1. The third kappa shape index (κ3) is 14.3. The normalized spacial score (nSPS) is 14.1. The van der Waals surface area contributed by atoms with Crippen molar-refractivity contribution in [2.24, 2.45) is 0 Å². The van der Waals surface area contributed by atoms with E-state index in [-0.39, 0.29) is 16.1 Å². The first kappa shape index (κ1) is 85.1. The smallest absolute Gasteiger partial charge is 0.399 e. The number of pyridine rings is 2. The van der Waals surface area contributed by atoms with Crippen LogP contribution < -0.4 is 5.46 Å². The standard InChI is InChI=1S/C60H41N5.C47H41BN2O2.C19H12ClN3/c1-60(2)51-16-8-6-14-45(51)46-29-28-44(37-52(46)60)65-56-31-25-42(59-62-54-18-9-7-15-48(54)57(63-59)41-21-19-40(20-22-41)53-17-10-11-34-61-53)36-50(56)47-30-32-55-49(58(47)65)33-35-64(55)43-26-23-39(24-27-43)38-12-4-3-5-13-38;1-45(2)40-15-11-10-14-35(40)36-22-21-34(29-41(36)45)50-43-24-18-32(48-51-46(3,4)47(5,6)52-48)28-39(43)37-23-25-42-38(44(37)50)26-27-49(42)33-19-16-31(17-20-33)30-12-8-7-9-13-30;20-19-22-17-7-2-1-5-15(17)18(23-19)14-10-8-13(9-11-14)16-6-3-4-12-21-16/h3-37H,1-2H3;7-29H,1-6H3;1-12H. The van der Waals surface area contributed by atoms with Crippen molar-refractivity contribution in [3.8, 4) is 124 Å². The van der Waals surface area contributed by atoms with Crippen LogP contribution in [0.4, 0.5) is 0 Å². The summed E-state index contributed by atoms with van der Waals surface area (Å²) in [4.78, 5) is 28.2. The first-order valence-electron chi connectivity index (χ1n) is 47.9. The molecule has 1 saturated heterocycles. The van der Waals surface area contributed by atoms with Gasteiger partial charge in [0.2, 0.25) is 5.28 Å². The number of hydrogen-bond acceptors (Lipinski definition) is 8. The molecule has 0 spiro atoms. The predicted octanol–water partition coefficient (Wildman–Crippen LogP) is 31.1. The molecule has 12 nitrogen and oxygen atoms in total. The average Bonchev–Trinajstić information content (AvgIpc) is 1.55. The second-order valence-electron chi connectivity index (χ2n) is 38.9. The Labute approximate surface area is 817 Å². The fourth-order valence-electron chi connectivity index (χ4n) is 21.6. The van der Waals surface area contributed by atoms with Crippen molar-refractivity contribution in [1.82, 2.24) is 48.2 Å². The van der Waals surface area contributed by atoms with Gasteiger partial charge in [0, 0.05) is 129 Å². The number of para-hydroxylation sites is 2. The van der Waals surface area contributed by atoms with E-state index in [9.17, 15) is 0 Å². The van der Waals surface area contributed by atoms with E-state index in [2.05, 4.69) is 421 Å². The van der Waals surface area contributed by atoms with E-state index < -0.39 is 18.3 Å². The first-order chi connectivity index (χ1) is 68.3. The highest BCUT2D eigenvalue weighted by Crippen LogP contribution is 2.53. The van der Waals surface area contributed by atoms with Gasteiger partial charge in [-0.3, -0.25) is 9.97 Å². The van der Waals surface area contributed by atoms with Gasteiger partial charge in [-0.15, -0.1) is 0 Å². The van der Waals surface area contributed by atoms with E-state index >= 15 is 0 Å². The second kappa shape index (κ2) is 33.4. The minimum absolute atomic E-state index is 0.102. The van der Waals surface area contributed by atoms with Crippen molar-refractivity contribution < 1.29 is 9.31 Å². The van der Waals surface area contributed by atoms with Crippen LogP contribution >= 0.6 is 11.6 Å². The molecule has 3 aliphatic rings. The molecular formula is C126H94BClN10O2. The summed E-state index contributed by atoms with van der Waals surface area (Å²) >= 11 is 6.07. The molecule has 16 aromatic carbocycles. The van der Waals surface area contributed by atoms with Crippen molar-refractivity contribution in [2.45, 2.75) is 77.4 Å². The zero-order chi connectivity index (χ0) is 94.4. The van der Waals surface area contributed by atoms with Crippen LogP contribution in [0.1, 0.15) is 77.6 Å². The third-order valence-corrected chi connectivity index (χ3v) is 29.7. The Morgan fingerprint density at radius 3 is 1.14 bits per heavy atom. The number of aromatic nitrogens is 10. The summed E-state index contributed by atoms with van der Waals surface area (Å²) in [6.07, 6.45) is 8.05. The largest absolute Gasteiger partial charge is 0.494 e. The summed E-state index contributed by atoms with van der Waals surface area (Å²) in [5.41, 5.74) is 37.6. The molecule has 0 saturated carbocycles. The van der Waals surface area contributed by atoms with E-state index in [0.717, 1.165) is 123 Å². The lowest BCUT2D eigenvalue weighted by Gasteiger charge is -2.32. The van der Waals surface area contributed by atoms with Crippen LogP contribution in [0.25, 0.3) is 211 Å². The summed E-state index contributed by atoms with van der Waals surface area (Å²) in [6.45, 7) is 17.9. The van der Waals surface area contributed by atoms with E-state index in [4.69, 9.17) is 30.9 Å². The van der Waals surface area contributed by atoms with E-state index in [1.807, 2.05) is 91.1 Å². The molecule has 27 rings (SSSR count). The van der Waals surface area contributed by atoms with E-state index in [1.54, 1.807) is 6.20 Å². The Bertz CT molecular complexity index is 9030. The summed E-state index contributed by atoms with van der Waals surface area (Å²) in [6, 6.07) is 143. The number of benzene rings is 16. The Hall–Kier alpha value is -16.5. The van der Waals surface area contributed by atoms with Gasteiger partial charge >= 0.3 is 7.12 Å². The molecule has 140 heavy (non-hydrogen) atoms. The highest BCUT2D eigenvalue weighted by Gasteiger charge is 2.52. The van der Waals surface area contributed by atoms with Gasteiger partial charge in [-0.1, -0.05) is 295 Å². The highest BCUT2D eigenvalue weighted by atomic mass is 35.5. The van der Waals surface area contributed by atoms with Crippen molar-refractivity contribution in [3.05, 3.63) is 453 Å². The van der Waals surface area contributed by atoms with Crippen molar-refractivity contribution in [3.63, 3.8) is 0 Å². The molecule has 0 radical (unpaired) electrons. The van der Waals surface area contributed by atoms with E-state index in [0.29, 0.717) is 5.82 Å². The summed E-state index contributed by atoms with van der Waals surface area (Å²) < 4.78 is 22.6. The lowest BCUT2D eigenvalue weighted by atomic mass is 9.78. The fourth-order valence-corrected chi connectivity index (χ4v) is 21.8. The molecule has 14 heteroatoms. The second-order valence-corrected chi connectivity index (χ2v) is 39.2. The summed E-state index contributed by atoms with van der Waals surface area (Å²) in [7, 11) is -0.434. The minimum Gasteiger partial charge on any atom is -0.399 e. The molecule has 1 aliphatic heterocycles. The van der Waals surface area contributed by atoms with Gasteiger partial charge in [-0.2, -0.15) is 0 Å². The molecular weight excluding hydrogens is 1730 g/mol. The van der Waals surface area contributed by atoms with Crippen LogP contribution in [0.5, 0.6) is 0 Å². The maximum Gasteiger partial charge on any atom is 0.494 e. The van der Waals surface area contributed by atoms with Gasteiger partial charge in [-0.25, -0.2) is 19.9 Å². The van der Waals surface area contributed by atoms with Gasteiger partial charge in [0.05, 0.1) is 78.1 Å². The number of halogens is 1. The maximum absolute atomic E-state index is 6.53. The number of fused-ring (bicyclic) bond motifs is 18. The van der Waals surface area contributed by atoms with Crippen LogP contribution in [0, 0.1) is 0 Å². The van der Waals surface area contributed by atoms with Crippen LogP contribution in [-0.2, 0) is 20.1 Å². The molecule has 8 aromatic heterocycles. The molecule has 0 bridgehead atoms. The van der Waals surface area contributed by atoms with Gasteiger partial charge < -0.3 is 27.6 Å². The van der Waals surface area contributed by atoms with Gasteiger partial charge in [0.15, 0.2) is 5.82 Å². The molecule has 24 aromatic rings. The predicted molar refractivity (Wildman–Crippen MR) is 577 cm³/mol. The topological polar surface area (TPSA) is 116 Å². The minimum atomic E-state index is -0.434. The maximum atomic E-state index is 6.53. The average molecular weight is 1830 g/mol. The molecule has 0 atom stereocenters. The van der Waals surface area contributed by atoms with Gasteiger partial charge in [0.25, 0.3) is 0 Å². The monoisotopic (exact) mass is 1820 g/mol. The quantitative estimate of drug-likeness (QED) is 0.0877. The molecule has 1 fully saturated rings. The third-order valence-electron chi connectivity index (χ3n) is 29.6. The van der Waals surface area contributed by atoms with Crippen molar-refractivity contribution >= 4 is 111 Å². The lowest BCUT2D eigenvalue weighted by molar-refractivity contribution is 0.00578. The molecule has 0 unspecified atom stereocenters. The zero-order valence-corrected chi connectivity index (χ0v) is 79.4. The van der Waals surface area contributed by atoms with Crippen molar-refractivity contribution in [1.29, 1.82) is 0 Å². The van der Waals surface area contributed by atoms with Gasteiger partial charge in [0.1, 0.15) is 0 Å². The van der Waals surface area contributed by atoms with Crippen LogP contribution in [0.15, 0.2) is 425 Å². The van der Waals surface area contributed by atoms with Crippen LogP contribution in [-0.4, -0.2) is 66.5 Å². The fraction of sp³-hybridized carbons (Fsp3) is 0.0952. The molecule has 0 amide bonds. The Kier molecular flexibility index (Phi) is 20.3. The van der Waals surface area contributed by atoms with Crippen LogP contribution in [0.3, 0.4) is 0 Å². The molecule has 9 heterocycles. The molecule has 2 aliphatic carbocycles. The summed E-state index contributed by atoms with van der Waals surface area (Å²) in [5, 5.41) is 9.39. The molecule has 670 valence electrons. The van der Waals surface area contributed by atoms with E-state index in [1.165, 1.54) is 110 Å². The Morgan fingerprint density at radius 2 is 0.650 bits per heavy atom. The lowest BCUT2D eigenvalue weighted by Crippen LogP contribution is -2.41. The Morgan fingerprint density at radius 1 is 0.264 bits per heavy atom. The zero-order valence-electron chi connectivity index (χ0n) is 78.7. The first-order valence-corrected chi connectivity index (χ1v) is 48.3. The number of rotatable bonds is 12. The molecule has 0 N–H and O–H groups in total. The number of hydrogen-bond donors (Lipinski definition) is 0. The summed E-state index contributed by atoms with van der Waals surface area (Å²) in [5.74, 6) is 0.693. The van der Waals surface area contributed by atoms with Crippen molar-refractivity contribution in [2.75, 3.05) is 0 Å². The van der Waals surface area contributed by atoms with Gasteiger partial charge in [-0.05, 0) is 245 Å². The highest BCUT2D eigenvalue weighted by molar-refractivity contribution is 6.62. The number of nitrogens with zero attached hydrogens (tertiary/aromatic N) is 10.